The highest BCUT2D eigenvalue weighted by atomic mass is 19.1. The maximum absolute atomic E-state index is 13.0. The van der Waals surface area contributed by atoms with Gasteiger partial charge in [0, 0.05) is 37.4 Å². The fraction of sp³-hybridized carbons (Fsp3) is 0.217. The highest BCUT2D eigenvalue weighted by Gasteiger charge is 2.17. The lowest BCUT2D eigenvalue weighted by Crippen LogP contribution is -2.44. The lowest BCUT2D eigenvalue weighted by atomic mass is 10.1. The molecule has 3 aromatic rings. The van der Waals surface area contributed by atoms with E-state index in [1.165, 1.54) is 12.1 Å². The summed E-state index contributed by atoms with van der Waals surface area (Å²) in [5, 5.41) is 0. The summed E-state index contributed by atoms with van der Waals surface area (Å²) in [4.78, 5) is 20.8. The average molecular weight is 406 g/mol. The van der Waals surface area contributed by atoms with Gasteiger partial charge in [0.2, 0.25) is 0 Å². The molecule has 1 saturated heterocycles. The minimum Gasteiger partial charge on any atom is -0.457 e. The van der Waals surface area contributed by atoms with Crippen LogP contribution in [0, 0.1) is 5.82 Å². The van der Waals surface area contributed by atoms with E-state index in [0.29, 0.717) is 17.2 Å². The Morgan fingerprint density at radius 3 is 2.17 bits per heavy atom. The number of pyridine rings is 1. The second-order valence-electron chi connectivity index (χ2n) is 7.33. The minimum absolute atomic E-state index is 0.244. The molecule has 1 aliphatic rings. The molecule has 0 bridgehead atoms. The molecule has 2 N–H and O–H groups in total. The van der Waals surface area contributed by atoms with Crippen molar-refractivity contribution in [3.63, 3.8) is 0 Å². The number of benzene rings is 2. The normalized spacial score (nSPS) is 14.5. The zero-order chi connectivity index (χ0) is 21.1. The number of nitrogens with two attached hydrogens (primary N) is 1. The summed E-state index contributed by atoms with van der Waals surface area (Å²) in [7, 11) is 2.10. The van der Waals surface area contributed by atoms with E-state index in [-0.39, 0.29) is 11.5 Å². The van der Waals surface area contributed by atoms with E-state index in [0.717, 1.165) is 37.4 Å². The number of likely N-dealkylation sites (N-methyl/N-ethyl adjacent to an activating group) is 1. The summed E-state index contributed by atoms with van der Waals surface area (Å²) < 4.78 is 18.8. The molecule has 0 radical (unpaired) electrons. The van der Waals surface area contributed by atoms with Crippen LogP contribution in [0.1, 0.15) is 10.5 Å². The predicted molar refractivity (Wildman–Crippen MR) is 114 cm³/mol. The number of piperazine rings is 1. The summed E-state index contributed by atoms with van der Waals surface area (Å²) in [6.07, 6.45) is 0. The number of halogens is 1. The number of rotatable bonds is 5. The Morgan fingerprint density at radius 1 is 0.967 bits per heavy atom. The molecule has 1 fully saturated rings. The highest BCUT2D eigenvalue weighted by Crippen LogP contribution is 2.28. The molecule has 0 unspecified atom stereocenters. The first kappa shape index (κ1) is 19.8. The molecular weight excluding hydrogens is 383 g/mol. The maximum atomic E-state index is 13.0. The SMILES string of the molecule is CN1CCN(c2cc(C(N)=O)nc(-c3ccc(Oc4ccc(F)cc4)cc3)c2)CC1. The molecule has 1 amide bonds. The Morgan fingerprint density at radius 2 is 1.57 bits per heavy atom. The van der Waals surface area contributed by atoms with Gasteiger partial charge in [0.1, 0.15) is 23.0 Å². The summed E-state index contributed by atoms with van der Waals surface area (Å²) in [5.74, 6) is 0.309. The largest absolute Gasteiger partial charge is 0.457 e. The van der Waals surface area contributed by atoms with E-state index >= 15 is 0 Å². The Kier molecular flexibility index (Phi) is 5.63. The molecular formula is C23H23FN4O2. The lowest BCUT2D eigenvalue weighted by molar-refractivity contribution is 0.0995. The van der Waals surface area contributed by atoms with Gasteiger partial charge in [-0.3, -0.25) is 4.79 Å². The van der Waals surface area contributed by atoms with E-state index in [2.05, 4.69) is 21.8 Å². The maximum Gasteiger partial charge on any atom is 0.267 e. The van der Waals surface area contributed by atoms with Crippen LogP contribution in [0.2, 0.25) is 0 Å². The quantitative estimate of drug-likeness (QED) is 0.702. The number of ether oxygens (including phenoxy) is 1. The number of aromatic nitrogens is 1. The van der Waals surface area contributed by atoms with Gasteiger partial charge in [-0.15, -0.1) is 0 Å². The van der Waals surface area contributed by atoms with E-state index in [9.17, 15) is 9.18 Å². The highest BCUT2D eigenvalue weighted by molar-refractivity contribution is 5.92. The number of hydrogen-bond acceptors (Lipinski definition) is 5. The first-order valence-electron chi connectivity index (χ1n) is 9.77. The van der Waals surface area contributed by atoms with E-state index in [4.69, 9.17) is 10.5 Å². The van der Waals surface area contributed by atoms with Crippen molar-refractivity contribution in [1.29, 1.82) is 0 Å². The number of nitrogens with zero attached hydrogens (tertiary/aromatic N) is 3. The summed E-state index contributed by atoms with van der Waals surface area (Å²) in [6, 6.07) is 17.0. The standard InChI is InChI=1S/C23H23FN4O2/c1-27-10-12-28(13-11-27)18-14-21(26-22(15-18)23(25)29)16-2-6-19(7-3-16)30-20-8-4-17(24)5-9-20/h2-9,14-15H,10-13H2,1H3,(H2,25,29). The smallest absolute Gasteiger partial charge is 0.267 e. The number of hydrogen-bond donors (Lipinski definition) is 1. The van der Waals surface area contributed by atoms with Crippen LogP contribution in [0.5, 0.6) is 11.5 Å². The second kappa shape index (κ2) is 8.51. The van der Waals surface area contributed by atoms with Crippen molar-refractivity contribution in [3.8, 4) is 22.8 Å². The first-order valence-corrected chi connectivity index (χ1v) is 9.77. The molecule has 0 saturated carbocycles. The van der Waals surface area contributed by atoms with Gasteiger partial charge in [-0.1, -0.05) is 0 Å². The zero-order valence-corrected chi connectivity index (χ0v) is 16.7. The van der Waals surface area contributed by atoms with Crippen molar-refractivity contribution < 1.29 is 13.9 Å². The molecule has 1 aromatic heterocycles. The second-order valence-corrected chi connectivity index (χ2v) is 7.33. The molecule has 4 rings (SSSR count). The molecule has 2 heterocycles. The molecule has 7 heteroatoms. The van der Waals surface area contributed by atoms with Gasteiger partial charge in [-0.2, -0.15) is 0 Å². The fourth-order valence-electron chi connectivity index (χ4n) is 3.37. The summed E-state index contributed by atoms with van der Waals surface area (Å²) in [6.45, 7) is 3.67. The number of amides is 1. The van der Waals surface area contributed by atoms with Crippen LogP contribution < -0.4 is 15.4 Å². The molecule has 1 aliphatic heterocycles. The summed E-state index contributed by atoms with van der Waals surface area (Å²) >= 11 is 0. The zero-order valence-electron chi connectivity index (χ0n) is 16.7. The van der Waals surface area contributed by atoms with Gasteiger partial charge >= 0.3 is 0 Å². The van der Waals surface area contributed by atoms with Gasteiger partial charge in [0.15, 0.2) is 0 Å². The van der Waals surface area contributed by atoms with Crippen LogP contribution in [0.3, 0.4) is 0 Å². The molecule has 0 atom stereocenters. The van der Waals surface area contributed by atoms with Gasteiger partial charge < -0.3 is 20.3 Å². The van der Waals surface area contributed by atoms with Crippen LogP contribution in [0.4, 0.5) is 10.1 Å². The van der Waals surface area contributed by atoms with Gasteiger partial charge in [0.05, 0.1) is 5.69 Å². The topological polar surface area (TPSA) is 71.7 Å². The molecule has 2 aromatic carbocycles. The Bertz CT molecular complexity index is 1030. The van der Waals surface area contributed by atoms with Crippen LogP contribution in [-0.2, 0) is 0 Å². The average Bonchev–Trinajstić information content (AvgIpc) is 2.76. The van der Waals surface area contributed by atoms with E-state index in [1.54, 1.807) is 18.2 Å². The van der Waals surface area contributed by atoms with Crippen molar-refractivity contribution in [2.24, 2.45) is 5.73 Å². The molecule has 30 heavy (non-hydrogen) atoms. The van der Waals surface area contributed by atoms with E-state index in [1.807, 2.05) is 30.3 Å². The Hall–Kier alpha value is -3.45. The van der Waals surface area contributed by atoms with Crippen LogP contribution in [0.25, 0.3) is 11.3 Å². The Balaban J connectivity index is 1.59. The number of anilines is 1. The van der Waals surface area contributed by atoms with Gasteiger partial charge in [0.25, 0.3) is 5.91 Å². The molecule has 154 valence electrons. The van der Waals surface area contributed by atoms with Crippen molar-refractivity contribution in [2.45, 2.75) is 0 Å². The van der Waals surface area contributed by atoms with Gasteiger partial charge in [-0.05, 0) is 67.7 Å². The molecule has 0 aliphatic carbocycles. The van der Waals surface area contributed by atoms with Gasteiger partial charge in [-0.25, -0.2) is 9.37 Å². The third-order valence-corrected chi connectivity index (χ3v) is 5.13. The van der Waals surface area contributed by atoms with Crippen LogP contribution in [-0.4, -0.2) is 49.0 Å². The molecule has 0 spiro atoms. The van der Waals surface area contributed by atoms with Crippen molar-refractivity contribution in [2.75, 3.05) is 38.1 Å². The fourth-order valence-corrected chi connectivity index (χ4v) is 3.37. The Labute approximate surface area is 174 Å². The molecule has 6 nitrogen and oxygen atoms in total. The number of primary amides is 1. The van der Waals surface area contributed by atoms with E-state index < -0.39 is 5.91 Å². The summed E-state index contributed by atoms with van der Waals surface area (Å²) in [5.41, 5.74) is 8.23. The minimum atomic E-state index is -0.552. The van der Waals surface area contributed by atoms with Crippen molar-refractivity contribution in [3.05, 3.63) is 72.2 Å². The van der Waals surface area contributed by atoms with Crippen LogP contribution >= 0.6 is 0 Å². The third kappa shape index (κ3) is 4.58. The van der Waals surface area contributed by atoms with Crippen molar-refractivity contribution in [1.82, 2.24) is 9.88 Å². The van der Waals surface area contributed by atoms with Crippen molar-refractivity contribution >= 4 is 11.6 Å². The third-order valence-electron chi connectivity index (χ3n) is 5.13. The number of carbonyl (C=O) groups is 1. The number of carbonyl (C=O) groups excluding carboxylic acids is 1. The van der Waals surface area contributed by atoms with Crippen LogP contribution in [0.15, 0.2) is 60.7 Å². The monoisotopic (exact) mass is 406 g/mol. The predicted octanol–water partition coefficient (Wildman–Crippen LogP) is 3.53. The first-order chi connectivity index (χ1) is 14.5. The lowest BCUT2D eigenvalue weighted by Gasteiger charge is -2.34.